The fourth-order valence-electron chi connectivity index (χ4n) is 1.88. The molecule has 0 saturated heterocycles. The number of thioether (sulfide) groups is 1. The molecule has 23 heavy (non-hydrogen) atoms. The topological polar surface area (TPSA) is 49.8 Å². The highest BCUT2D eigenvalue weighted by Gasteiger charge is 2.25. The summed E-state index contributed by atoms with van der Waals surface area (Å²) in [7, 11) is 0. The predicted molar refractivity (Wildman–Crippen MR) is 91.4 cm³/mol. The molecule has 1 aromatic carbocycles. The van der Waals surface area contributed by atoms with Gasteiger partial charge in [-0.15, -0.1) is 11.8 Å². The van der Waals surface area contributed by atoms with Crippen molar-refractivity contribution >= 4 is 17.9 Å². The summed E-state index contributed by atoms with van der Waals surface area (Å²) >= 11 is 1.47. The van der Waals surface area contributed by atoms with Crippen molar-refractivity contribution in [3.05, 3.63) is 23.5 Å². The first-order valence-corrected chi connectivity index (χ1v) is 8.78. The van der Waals surface area contributed by atoms with Crippen LogP contribution in [-0.4, -0.2) is 34.0 Å². The number of hydrogen-bond donors (Lipinski definition) is 1. The predicted octanol–water partition coefficient (Wildman–Crippen LogP) is 4.79. The molecule has 1 aliphatic rings. The third-order valence-corrected chi connectivity index (χ3v) is 3.84. The highest BCUT2D eigenvalue weighted by molar-refractivity contribution is 7.99. The number of ether oxygens (including phenoxy) is 1. The zero-order valence-electron chi connectivity index (χ0n) is 14.5. The molecule has 0 atom stereocenters. The smallest absolute Gasteiger partial charge is 0.410 e. The van der Waals surface area contributed by atoms with Gasteiger partial charge in [-0.05, 0) is 38.5 Å². The zero-order chi connectivity index (χ0) is 17.6. The summed E-state index contributed by atoms with van der Waals surface area (Å²) in [6.45, 7) is 10.5. The Bertz CT molecular complexity index is 543. The van der Waals surface area contributed by atoms with Crippen molar-refractivity contribution in [1.29, 1.82) is 0 Å². The number of phenols is 1. The fourth-order valence-corrected chi connectivity index (χ4v) is 2.90. The van der Waals surface area contributed by atoms with E-state index in [2.05, 4.69) is 13.8 Å². The summed E-state index contributed by atoms with van der Waals surface area (Å²) in [5.41, 5.74) is 0.182. The molecule has 6 heteroatoms. The van der Waals surface area contributed by atoms with Crippen LogP contribution in [0.2, 0.25) is 0 Å². The lowest BCUT2D eigenvalue weighted by molar-refractivity contribution is 0.0246. The van der Waals surface area contributed by atoms with E-state index in [1.165, 1.54) is 30.3 Å². The molecule has 1 aliphatic heterocycles. The number of phenolic OH excluding ortho intramolecular Hbond substituents is 1. The minimum Gasteiger partial charge on any atom is -0.505 e. The molecule has 1 N–H and O–H groups in total. The molecule has 1 aromatic rings. The SMILES string of the molecule is CC(C)(C)OC(=O)N1CCSc2cc(F)c(O)cc2C1.CCC. The molecule has 2 rings (SSSR count). The standard InChI is InChI=1S/C14H18FNO3S.C3H8/c1-14(2,3)19-13(18)16-4-5-20-12-7-10(15)11(17)6-9(12)8-16;1-3-2/h6-7,17H,4-5,8H2,1-3H3;3H2,1-2H3. The Kier molecular flexibility index (Phi) is 7.19. The second kappa shape index (κ2) is 8.43. The van der Waals surface area contributed by atoms with Gasteiger partial charge in [-0.2, -0.15) is 0 Å². The van der Waals surface area contributed by atoms with E-state index in [-0.39, 0.29) is 0 Å². The van der Waals surface area contributed by atoms with Gasteiger partial charge in [-0.25, -0.2) is 9.18 Å². The molecule has 1 amide bonds. The van der Waals surface area contributed by atoms with Crippen molar-refractivity contribution in [3.8, 4) is 5.75 Å². The van der Waals surface area contributed by atoms with Crippen LogP contribution in [0.15, 0.2) is 17.0 Å². The summed E-state index contributed by atoms with van der Waals surface area (Å²) in [6.07, 6.45) is 0.856. The van der Waals surface area contributed by atoms with Gasteiger partial charge in [0, 0.05) is 17.2 Å². The van der Waals surface area contributed by atoms with Crippen molar-refractivity contribution in [2.24, 2.45) is 0 Å². The Labute approximate surface area is 142 Å². The second-order valence-electron chi connectivity index (χ2n) is 6.37. The van der Waals surface area contributed by atoms with E-state index in [9.17, 15) is 14.3 Å². The highest BCUT2D eigenvalue weighted by Crippen LogP contribution is 2.32. The number of rotatable bonds is 0. The molecule has 130 valence electrons. The van der Waals surface area contributed by atoms with Crippen molar-refractivity contribution in [2.45, 2.75) is 58.1 Å². The normalized spacial score (nSPS) is 14.3. The number of nitrogens with zero attached hydrogens (tertiary/aromatic N) is 1. The molecule has 4 nitrogen and oxygen atoms in total. The maximum atomic E-state index is 13.3. The molecule has 0 bridgehead atoms. The molecule has 0 unspecified atom stereocenters. The van der Waals surface area contributed by atoms with E-state index < -0.39 is 23.3 Å². The first kappa shape index (κ1) is 19.6. The van der Waals surface area contributed by atoms with E-state index >= 15 is 0 Å². The second-order valence-corrected chi connectivity index (χ2v) is 7.51. The minimum absolute atomic E-state index is 0.311. The van der Waals surface area contributed by atoms with Gasteiger partial charge in [0.2, 0.25) is 0 Å². The first-order chi connectivity index (χ1) is 10.7. The Morgan fingerprint density at radius 3 is 2.57 bits per heavy atom. The lowest BCUT2D eigenvalue weighted by atomic mass is 10.2. The average molecular weight is 343 g/mol. The zero-order valence-corrected chi connectivity index (χ0v) is 15.3. The quantitative estimate of drug-likeness (QED) is 0.736. The van der Waals surface area contributed by atoms with E-state index in [1.54, 1.807) is 4.90 Å². The maximum Gasteiger partial charge on any atom is 0.410 e. The first-order valence-electron chi connectivity index (χ1n) is 7.80. The lowest BCUT2D eigenvalue weighted by Crippen LogP contribution is -2.37. The number of carbonyl (C=O) groups excluding carboxylic acids is 1. The van der Waals surface area contributed by atoms with Crippen molar-refractivity contribution in [1.82, 2.24) is 4.90 Å². The Balaban J connectivity index is 0.000000816. The van der Waals surface area contributed by atoms with E-state index in [0.29, 0.717) is 18.8 Å². The van der Waals surface area contributed by atoms with Crippen LogP contribution < -0.4 is 0 Å². The van der Waals surface area contributed by atoms with Gasteiger partial charge in [0.05, 0.1) is 6.54 Å². The van der Waals surface area contributed by atoms with Gasteiger partial charge in [-0.3, -0.25) is 0 Å². The van der Waals surface area contributed by atoms with Crippen LogP contribution in [0.1, 0.15) is 46.6 Å². The molecule has 0 aromatic heterocycles. The summed E-state index contributed by atoms with van der Waals surface area (Å²) in [6, 6.07) is 2.69. The number of aromatic hydroxyl groups is 1. The largest absolute Gasteiger partial charge is 0.505 e. The summed E-state index contributed by atoms with van der Waals surface area (Å²) in [4.78, 5) is 14.4. The van der Waals surface area contributed by atoms with Crippen LogP contribution in [-0.2, 0) is 11.3 Å². The summed E-state index contributed by atoms with van der Waals surface area (Å²) < 4.78 is 18.7. The summed E-state index contributed by atoms with van der Waals surface area (Å²) in [5.74, 6) is -0.367. The van der Waals surface area contributed by atoms with Crippen molar-refractivity contribution in [3.63, 3.8) is 0 Å². The Hall–Kier alpha value is -1.43. The van der Waals surface area contributed by atoms with E-state index in [1.807, 2.05) is 20.8 Å². The van der Waals surface area contributed by atoms with Gasteiger partial charge in [-0.1, -0.05) is 20.3 Å². The van der Waals surface area contributed by atoms with E-state index in [4.69, 9.17) is 4.74 Å². The maximum absolute atomic E-state index is 13.3. The van der Waals surface area contributed by atoms with Crippen molar-refractivity contribution < 1.29 is 19.0 Å². The fraction of sp³-hybridized carbons (Fsp3) is 0.588. The third-order valence-electron chi connectivity index (χ3n) is 2.76. The highest BCUT2D eigenvalue weighted by atomic mass is 32.2. The van der Waals surface area contributed by atoms with Crippen LogP contribution in [0.5, 0.6) is 5.75 Å². The molecule has 0 fully saturated rings. The van der Waals surface area contributed by atoms with Crippen LogP contribution in [0.4, 0.5) is 9.18 Å². The Morgan fingerprint density at radius 2 is 2.00 bits per heavy atom. The molecule has 1 heterocycles. The van der Waals surface area contributed by atoms with Gasteiger partial charge >= 0.3 is 6.09 Å². The van der Waals surface area contributed by atoms with Gasteiger partial charge < -0.3 is 14.7 Å². The number of benzene rings is 1. The third kappa shape index (κ3) is 6.29. The van der Waals surface area contributed by atoms with Crippen LogP contribution in [0.3, 0.4) is 0 Å². The molecular formula is C17H26FNO3S. The molecular weight excluding hydrogens is 317 g/mol. The Morgan fingerprint density at radius 1 is 1.39 bits per heavy atom. The molecule has 0 radical (unpaired) electrons. The van der Waals surface area contributed by atoms with Gasteiger partial charge in [0.15, 0.2) is 11.6 Å². The molecule has 0 saturated carbocycles. The molecule has 0 spiro atoms. The number of carbonyl (C=O) groups is 1. The molecule has 0 aliphatic carbocycles. The summed E-state index contributed by atoms with van der Waals surface area (Å²) in [5, 5.41) is 9.46. The lowest BCUT2D eigenvalue weighted by Gasteiger charge is -2.26. The van der Waals surface area contributed by atoms with Crippen LogP contribution in [0.25, 0.3) is 0 Å². The number of fused-ring (bicyclic) bond motifs is 1. The van der Waals surface area contributed by atoms with Gasteiger partial charge in [0.25, 0.3) is 0 Å². The minimum atomic E-state index is -0.637. The number of hydrogen-bond acceptors (Lipinski definition) is 4. The van der Waals surface area contributed by atoms with Crippen LogP contribution in [0, 0.1) is 5.82 Å². The van der Waals surface area contributed by atoms with Gasteiger partial charge in [0.1, 0.15) is 5.60 Å². The monoisotopic (exact) mass is 343 g/mol. The average Bonchev–Trinajstić information content (AvgIpc) is 2.61. The van der Waals surface area contributed by atoms with Crippen LogP contribution >= 0.6 is 11.8 Å². The van der Waals surface area contributed by atoms with E-state index in [0.717, 1.165) is 10.5 Å². The number of amides is 1. The number of halogens is 1. The van der Waals surface area contributed by atoms with Crippen molar-refractivity contribution in [2.75, 3.05) is 12.3 Å².